The molecule has 4 aromatic heterocycles. The Morgan fingerprint density at radius 3 is 2.51 bits per heavy atom. The molecular weight excluding hydrogens is 490 g/mol. The number of rotatable bonds is 7. The molecule has 0 amide bonds. The van der Waals surface area contributed by atoms with Crippen LogP contribution in [0.2, 0.25) is 0 Å². The van der Waals surface area contributed by atoms with E-state index in [1.54, 1.807) is 40.1 Å². The third-order valence-electron chi connectivity index (χ3n) is 7.08. The van der Waals surface area contributed by atoms with E-state index in [-0.39, 0.29) is 12.1 Å². The zero-order chi connectivity index (χ0) is 26.8. The maximum Gasteiger partial charge on any atom is 0.278 e. The second-order valence-electron chi connectivity index (χ2n) is 9.70. The Kier molecular flexibility index (Phi) is 6.68. The maximum absolute atomic E-state index is 13.3. The molecule has 1 N–H and O–H groups in total. The lowest BCUT2D eigenvalue weighted by Crippen LogP contribution is -2.29. The van der Waals surface area contributed by atoms with Gasteiger partial charge in [0.15, 0.2) is 17.3 Å². The second kappa shape index (κ2) is 10.6. The molecule has 0 saturated carbocycles. The lowest BCUT2D eigenvalue weighted by molar-refractivity contribution is 0.255. The van der Waals surface area contributed by atoms with Crippen LogP contribution in [0.5, 0.6) is 0 Å². The largest absolute Gasteiger partial charge is 0.324 e. The van der Waals surface area contributed by atoms with Gasteiger partial charge in [-0.25, -0.2) is 29.3 Å². The summed E-state index contributed by atoms with van der Waals surface area (Å²) in [6, 6.07) is 15.7. The number of anilines is 2. The van der Waals surface area contributed by atoms with Crippen molar-refractivity contribution < 1.29 is 0 Å². The number of pyridine rings is 1. The molecule has 0 radical (unpaired) electrons. The Labute approximate surface area is 225 Å². The van der Waals surface area contributed by atoms with Crippen LogP contribution in [0.1, 0.15) is 24.3 Å². The van der Waals surface area contributed by atoms with Gasteiger partial charge in [-0.1, -0.05) is 24.3 Å². The summed E-state index contributed by atoms with van der Waals surface area (Å²) in [7, 11) is 2.18. The van der Waals surface area contributed by atoms with E-state index in [1.165, 1.54) is 18.4 Å². The number of likely N-dealkylation sites (tertiary alicyclic amines) is 1. The van der Waals surface area contributed by atoms with Gasteiger partial charge in [-0.3, -0.25) is 4.79 Å². The molecule has 1 aromatic carbocycles. The SMILES string of the molecule is C=CCn1c(=O)c2cnc(Nc3ccc(C4CCN(C)CC4)cc3)nc2n1-c1cccc(-c2ncccn2)n1. The normalized spacial score (nSPS) is 14.5. The van der Waals surface area contributed by atoms with Crippen molar-refractivity contribution in [3.05, 3.63) is 95.7 Å². The Balaban J connectivity index is 1.35. The van der Waals surface area contributed by atoms with Crippen molar-refractivity contribution in [3.8, 4) is 17.3 Å². The van der Waals surface area contributed by atoms with E-state index in [4.69, 9.17) is 9.97 Å². The molecule has 0 bridgehead atoms. The number of benzene rings is 1. The van der Waals surface area contributed by atoms with Crippen molar-refractivity contribution in [2.24, 2.45) is 0 Å². The van der Waals surface area contributed by atoms with Crippen LogP contribution in [-0.4, -0.2) is 59.3 Å². The van der Waals surface area contributed by atoms with Crippen molar-refractivity contribution in [2.75, 3.05) is 25.5 Å². The molecule has 0 spiro atoms. The molecule has 10 heteroatoms. The summed E-state index contributed by atoms with van der Waals surface area (Å²) in [5, 5.41) is 3.69. The van der Waals surface area contributed by atoms with E-state index in [0.717, 1.165) is 18.8 Å². The number of fused-ring (bicyclic) bond motifs is 1. The first-order chi connectivity index (χ1) is 19.1. The number of aromatic nitrogens is 7. The quantitative estimate of drug-likeness (QED) is 0.319. The summed E-state index contributed by atoms with van der Waals surface area (Å²) >= 11 is 0. The first kappa shape index (κ1) is 24.6. The number of allylic oxidation sites excluding steroid dienone is 1. The summed E-state index contributed by atoms with van der Waals surface area (Å²) in [6.07, 6.45) is 8.91. The highest BCUT2D eigenvalue weighted by Gasteiger charge is 2.20. The number of hydrogen-bond donors (Lipinski definition) is 1. The summed E-state index contributed by atoms with van der Waals surface area (Å²) in [5.41, 5.74) is 3.05. The van der Waals surface area contributed by atoms with Gasteiger partial charge in [-0.05, 0) is 74.8 Å². The highest BCUT2D eigenvalue weighted by atomic mass is 16.1. The molecule has 1 aliphatic rings. The number of hydrogen-bond acceptors (Lipinski definition) is 8. The fourth-order valence-corrected chi connectivity index (χ4v) is 5.02. The van der Waals surface area contributed by atoms with Gasteiger partial charge in [-0.2, -0.15) is 4.98 Å². The number of nitrogens with one attached hydrogen (secondary N) is 1. The van der Waals surface area contributed by atoms with Crippen molar-refractivity contribution in [1.82, 2.24) is 39.2 Å². The fraction of sp³-hybridized carbons (Fsp3) is 0.241. The van der Waals surface area contributed by atoms with E-state index < -0.39 is 0 Å². The zero-order valence-corrected chi connectivity index (χ0v) is 21.7. The molecule has 6 rings (SSSR count). The average molecular weight is 520 g/mol. The van der Waals surface area contributed by atoms with E-state index >= 15 is 0 Å². The summed E-state index contributed by atoms with van der Waals surface area (Å²) in [4.78, 5) is 38.2. The molecule has 0 atom stereocenters. The Morgan fingerprint density at radius 1 is 1.00 bits per heavy atom. The van der Waals surface area contributed by atoms with Gasteiger partial charge in [-0.15, -0.1) is 6.58 Å². The fourth-order valence-electron chi connectivity index (χ4n) is 5.02. The van der Waals surface area contributed by atoms with Gasteiger partial charge in [0.05, 0.1) is 6.54 Å². The molecule has 0 aliphatic carbocycles. The number of nitrogens with zero attached hydrogens (tertiary/aromatic N) is 8. The van der Waals surface area contributed by atoms with Crippen LogP contribution in [0.25, 0.3) is 28.4 Å². The van der Waals surface area contributed by atoms with Crippen LogP contribution < -0.4 is 10.9 Å². The van der Waals surface area contributed by atoms with E-state index in [1.807, 2.05) is 18.2 Å². The Bertz CT molecular complexity index is 1670. The second-order valence-corrected chi connectivity index (χ2v) is 9.70. The van der Waals surface area contributed by atoms with Crippen LogP contribution in [0, 0.1) is 0 Å². The van der Waals surface area contributed by atoms with Gasteiger partial charge in [0.1, 0.15) is 11.1 Å². The molecule has 39 heavy (non-hydrogen) atoms. The molecule has 1 aliphatic heterocycles. The van der Waals surface area contributed by atoms with Crippen molar-refractivity contribution in [3.63, 3.8) is 0 Å². The zero-order valence-electron chi connectivity index (χ0n) is 21.7. The molecule has 0 unspecified atom stereocenters. The molecule has 1 saturated heterocycles. The predicted molar refractivity (Wildman–Crippen MR) is 151 cm³/mol. The minimum Gasteiger partial charge on any atom is -0.324 e. The predicted octanol–water partition coefficient (Wildman–Crippen LogP) is 4.17. The van der Waals surface area contributed by atoms with Crippen LogP contribution in [0.4, 0.5) is 11.6 Å². The molecular formula is C29H29N9O. The Hall–Kier alpha value is -4.70. The minimum absolute atomic E-state index is 0.220. The molecule has 1 fully saturated rings. The monoisotopic (exact) mass is 519 g/mol. The lowest BCUT2D eigenvalue weighted by Gasteiger charge is -2.29. The van der Waals surface area contributed by atoms with Crippen molar-refractivity contribution in [1.29, 1.82) is 0 Å². The first-order valence-corrected chi connectivity index (χ1v) is 13.0. The number of piperidine rings is 1. The highest BCUT2D eigenvalue weighted by Crippen LogP contribution is 2.29. The van der Waals surface area contributed by atoms with Crippen LogP contribution in [0.15, 0.2) is 84.6 Å². The average Bonchev–Trinajstić information content (AvgIpc) is 3.25. The topological polar surface area (TPSA) is 107 Å². The van der Waals surface area contributed by atoms with Gasteiger partial charge in [0.2, 0.25) is 5.95 Å². The minimum atomic E-state index is -0.220. The summed E-state index contributed by atoms with van der Waals surface area (Å²) in [6.45, 7) is 6.36. The Morgan fingerprint density at radius 2 is 1.77 bits per heavy atom. The van der Waals surface area contributed by atoms with Crippen molar-refractivity contribution >= 4 is 22.7 Å². The molecule has 196 valence electrons. The van der Waals surface area contributed by atoms with Gasteiger partial charge < -0.3 is 10.2 Å². The van der Waals surface area contributed by atoms with E-state index in [9.17, 15) is 4.79 Å². The third kappa shape index (κ3) is 4.94. The molecule has 5 aromatic rings. The third-order valence-corrected chi connectivity index (χ3v) is 7.08. The van der Waals surface area contributed by atoms with Gasteiger partial charge in [0.25, 0.3) is 5.56 Å². The van der Waals surface area contributed by atoms with Crippen LogP contribution in [0.3, 0.4) is 0 Å². The molecule has 5 heterocycles. The van der Waals surface area contributed by atoms with Crippen molar-refractivity contribution in [2.45, 2.75) is 25.3 Å². The summed E-state index contributed by atoms with van der Waals surface area (Å²) < 4.78 is 3.24. The van der Waals surface area contributed by atoms with E-state index in [2.05, 4.69) is 63.1 Å². The smallest absolute Gasteiger partial charge is 0.278 e. The molecule has 10 nitrogen and oxygen atoms in total. The first-order valence-electron chi connectivity index (χ1n) is 13.0. The highest BCUT2D eigenvalue weighted by molar-refractivity contribution is 5.77. The van der Waals surface area contributed by atoms with Crippen LogP contribution >= 0.6 is 0 Å². The van der Waals surface area contributed by atoms with E-state index in [0.29, 0.717) is 40.2 Å². The maximum atomic E-state index is 13.3. The summed E-state index contributed by atoms with van der Waals surface area (Å²) in [5.74, 6) is 1.99. The van der Waals surface area contributed by atoms with Gasteiger partial charge in [0, 0.05) is 24.3 Å². The lowest BCUT2D eigenvalue weighted by atomic mass is 9.89. The standard InChI is InChI=1S/C29H29N9O/c1-3-16-37-28(39)23-19-32-29(33-22-10-8-20(9-11-22)21-12-17-36(2)18-13-21)35-27(23)38(37)25-7-4-6-24(34-25)26-30-14-5-15-31-26/h3-11,14-15,19,21H,1,12-13,16-18H2,2H3,(H,32,33,35). The van der Waals surface area contributed by atoms with Gasteiger partial charge >= 0.3 is 0 Å². The van der Waals surface area contributed by atoms with Crippen LogP contribution in [-0.2, 0) is 6.54 Å².